The minimum absolute atomic E-state index is 0.0257. The third kappa shape index (κ3) is 2.80. The summed E-state index contributed by atoms with van der Waals surface area (Å²) >= 11 is 1.53. The molecule has 1 atom stereocenters. The summed E-state index contributed by atoms with van der Waals surface area (Å²) in [5, 5.41) is 0. The summed E-state index contributed by atoms with van der Waals surface area (Å²) in [6.07, 6.45) is 0.401. The van der Waals surface area contributed by atoms with Gasteiger partial charge in [-0.3, -0.25) is 4.79 Å². The van der Waals surface area contributed by atoms with Crippen molar-refractivity contribution in [2.45, 2.75) is 18.9 Å². The molecule has 2 saturated heterocycles. The van der Waals surface area contributed by atoms with Gasteiger partial charge in [-0.2, -0.15) is 0 Å². The van der Waals surface area contributed by atoms with Crippen LogP contribution in [0.2, 0.25) is 0 Å². The molecule has 1 aromatic heterocycles. The molecule has 0 bridgehead atoms. The van der Waals surface area contributed by atoms with Crippen molar-refractivity contribution in [1.82, 2.24) is 9.80 Å². The molecule has 0 saturated carbocycles. The Balaban J connectivity index is 1.54. The quantitative estimate of drug-likeness (QED) is 0.829. The van der Waals surface area contributed by atoms with Gasteiger partial charge >= 0.3 is 6.09 Å². The zero-order valence-electron chi connectivity index (χ0n) is 14.3. The number of amides is 2. The Bertz CT molecular complexity index is 832. The van der Waals surface area contributed by atoms with Crippen LogP contribution in [0.3, 0.4) is 0 Å². The summed E-state index contributed by atoms with van der Waals surface area (Å²) in [5.74, 6) is 0.0257. The molecule has 3 heterocycles. The topological polar surface area (TPSA) is 49.9 Å². The lowest BCUT2D eigenvalue weighted by Gasteiger charge is -2.21. The smallest absolute Gasteiger partial charge is 0.410 e. The molecule has 4 rings (SSSR count). The van der Waals surface area contributed by atoms with Crippen molar-refractivity contribution in [2.24, 2.45) is 0 Å². The van der Waals surface area contributed by atoms with E-state index in [4.69, 9.17) is 4.74 Å². The van der Waals surface area contributed by atoms with Crippen LogP contribution in [-0.2, 0) is 4.74 Å². The number of carbonyl (C=O) groups is 2. The standard InChI is InChI=1S/C19H20N2O3S/c1-13-10-15(25-16(13)14-6-4-3-5-7-14)17(22)21-9-8-19(12-21)11-20(2)18(23)24-19/h3-7,10H,8-9,11-12H2,1-2H3/t19-/m0/s1. The van der Waals surface area contributed by atoms with Gasteiger partial charge in [0.05, 0.1) is 18.0 Å². The molecule has 1 spiro atoms. The number of hydrogen-bond acceptors (Lipinski definition) is 4. The van der Waals surface area contributed by atoms with Crippen molar-refractivity contribution in [3.63, 3.8) is 0 Å². The largest absolute Gasteiger partial charge is 0.439 e. The predicted molar refractivity (Wildman–Crippen MR) is 96.9 cm³/mol. The molecule has 2 amide bonds. The zero-order valence-corrected chi connectivity index (χ0v) is 15.1. The Labute approximate surface area is 150 Å². The lowest BCUT2D eigenvalue weighted by Crippen LogP contribution is -2.38. The van der Waals surface area contributed by atoms with Gasteiger partial charge in [0, 0.05) is 24.9 Å². The number of aryl methyl sites for hydroxylation is 1. The van der Waals surface area contributed by atoms with Gasteiger partial charge in [0.1, 0.15) is 0 Å². The number of benzene rings is 1. The molecular weight excluding hydrogens is 336 g/mol. The second kappa shape index (κ2) is 5.88. The van der Waals surface area contributed by atoms with E-state index in [1.54, 1.807) is 11.9 Å². The van der Waals surface area contributed by atoms with Crippen molar-refractivity contribution >= 4 is 23.3 Å². The lowest BCUT2D eigenvalue weighted by molar-refractivity contribution is 0.0555. The van der Waals surface area contributed by atoms with Gasteiger partial charge in [-0.1, -0.05) is 30.3 Å². The summed E-state index contributed by atoms with van der Waals surface area (Å²) < 4.78 is 5.53. The molecule has 130 valence electrons. The summed E-state index contributed by atoms with van der Waals surface area (Å²) in [5.41, 5.74) is 1.71. The molecule has 1 aromatic carbocycles. The van der Waals surface area contributed by atoms with Gasteiger partial charge in [0.25, 0.3) is 5.91 Å². The number of nitrogens with zero attached hydrogens (tertiary/aromatic N) is 2. The summed E-state index contributed by atoms with van der Waals surface area (Å²) in [7, 11) is 1.73. The van der Waals surface area contributed by atoms with E-state index in [0.717, 1.165) is 20.9 Å². The average molecular weight is 356 g/mol. The number of rotatable bonds is 2. The number of hydrogen-bond donors (Lipinski definition) is 0. The first-order chi connectivity index (χ1) is 12.0. The van der Waals surface area contributed by atoms with Gasteiger partial charge < -0.3 is 14.5 Å². The van der Waals surface area contributed by atoms with Gasteiger partial charge in [0.2, 0.25) is 0 Å². The average Bonchev–Trinajstić information content (AvgIpc) is 3.26. The van der Waals surface area contributed by atoms with E-state index >= 15 is 0 Å². The van der Waals surface area contributed by atoms with Crippen molar-refractivity contribution in [2.75, 3.05) is 26.7 Å². The van der Waals surface area contributed by atoms with Crippen molar-refractivity contribution in [3.05, 3.63) is 46.8 Å². The van der Waals surface area contributed by atoms with Crippen LogP contribution < -0.4 is 0 Å². The SMILES string of the molecule is Cc1cc(C(=O)N2CC[C@]3(CN(C)C(=O)O3)C2)sc1-c1ccccc1. The molecule has 2 aliphatic rings. The van der Waals surface area contributed by atoms with Crippen molar-refractivity contribution in [3.8, 4) is 10.4 Å². The highest BCUT2D eigenvalue weighted by Gasteiger charge is 2.49. The van der Waals surface area contributed by atoms with Gasteiger partial charge in [-0.05, 0) is 24.1 Å². The second-order valence-electron chi connectivity index (χ2n) is 6.87. The molecule has 0 unspecified atom stereocenters. The highest BCUT2D eigenvalue weighted by molar-refractivity contribution is 7.17. The van der Waals surface area contributed by atoms with Crippen LogP contribution in [0.4, 0.5) is 4.79 Å². The van der Waals surface area contributed by atoms with E-state index < -0.39 is 5.60 Å². The first-order valence-corrected chi connectivity index (χ1v) is 9.18. The molecule has 2 fully saturated rings. The molecule has 2 aromatic rings. The third-order valence-electron chi connectivity index (χ3n) is 4.91. The lowest BCUT2D eigenvalue weighted by atomic mass is 10.0. The summed E-state index contributed by atoms with van der Waals surface area (Å²) in [6, 6.07) is 12.1. The zero-order chi connectivity index (χ0) is 17.6. The number of ether oxygens (including phenoxy) is 1. The number of thiophene rings is 1. The Morgan fingerprint density at radius 2 is 2.00 bits per heavy atom. The highest BCUT2D eigenvalue weighted by atomic mass is 32.1. The normalized spacial score (nSPS) is 22.7. The van der Waals surface area contributed by atoms with Crippen molar-refractivity contribution in [1.29, 1.82) is 0 Å². The van der Waals surface area contributed by atoms with E-state index in [2.05, 4.69) is 12.1 Å². The molecule has 0 radical (unpaired) electrons. The predicted octanol–water partition coefficient (Wildman–Crippen LogP) is 3.39. The van der Waals surface area contributed by atoms with E-state index in [1.165, 1.54) is 11.3 Å². The van der Waals surface area contributed by atoms with E-state index in [0.29, 0.717) is 26.1 Å². The monoisotopic (exact) mass is 356 g/mol. The number of likely N-dealkylation sites (tertiary alicyclic amines) is 1. The Hall–Kier alpha value is -2.34. The summed E-state index contributed by atoms with van der Waals surface area (Å²) in [4.78, 5) is 29.9. The molecule has 2 aliphatic heterocycles. The van der Waals surface area contributed by atoms with Crippen LogP contribution in [0.25, 0.3) is 10.4 Å². The Kier molecular flexibility index (Phi) is 3.80. The molecule has 0 N–H and O–H groups in total. The maximum atomic E-state index is 12.9. The highest BCUT2D eigenvalue weighted by Crippen LogP contribution is 2.36. The molecule has 5 nitrogen and oxygen atoms in total. The molecule has 25 heavy (non-hydrogen) atoms. The Morgan fingerprint density at radius 3 is 2.68 bits per heavy atom. The third-order valence-corrected chi connectivity index (χ3v) is 6.18. The van der Waals surface area contributed by atoms with Crippen LogP contribution in [0.1, 0.15) is 21.7 Å². The maximum Gasteiger partial charge on any atom is 0.410 e. The van der Waals surface area contributed by atoms with Crippen molar-refractivity contribution < 1.29 is 14.3 Å². The van der Waals surface area contributed by atoms with Gasteiger partial charge in [0.15, 0.2) is 5.60 Å². The fourth-order valence-corrected chi connectivity index (χ4v) is 4.79. The van der Waals surface area contributed by atoms with E-state index in [-0.39, 0.29) is 12.0 Å². The second-order valence-corrected chi connectivity index (χ2v) is 7.92. The van der Waals surface area contributed by atoms with Gasteiger partial charge in [-0.25, -0.2) is 4.79 Å². The number of likely N-dealkylation sites (N-methyl/N-ethyl adjacent to an activating group) is 1. The Morgan fingerprint density at radius 1 is 1.24 bits per heavy atom. The minimum Gasteiger partial charge on any atom is -0.439 e. The number of carbonyl (C=O) groups excluding carboxylic acids is 2. The van der Waals surface area contributed by atoms with Crippen LogP contribution in [-0.4, -0.2) is 54.1 Å². The van der Waals surface area contributed by atoms with E-state index in [9.17, 15) is 9.59 Å². The maximum absolute atomic E-state index is 12.9. The summed E-state index contributed by atoms with van der Waals surface area (Å²) in [6.45, 7) is 3.68. The first-order valence-electron chi connectivity index (χ1n) is 8.37. The molecular formula is C19H20N2O3S. The fourth-order valence-electron chi connectivity index (χ4n) is 3.64. The van der Waals surface area contributed by atoms with Crippen LogP contribution in [0.15, 0.2) is 36.4 Å². The van der Waals surface area contributed by atoms with Crippen LogP contribution >= 0.6 is 11.3 Å². The van der Waals surface area contributed by atoms with E-state index in [1.807, 2.05) is 36.1 Å². The van der Waals surface area contributed by atoms with Gasteiger partial charge in [-0.15, -0.1) is 11.3 Å². The molecule has 6 heteroatoms. The minimum atomic E-state index is -0.532. The van der Waals surface area contributed by atoms with Crippen LogP contribution in [0, 0.1) is 6.92 Å². The fraction of sp³-hybridized carbons (Fsp3) is 0.368. The van der Waals surface area contributed by atoms with Crippen LogP contribution in [0.5, 0.6) is 0 Å². The molecule has 0 aliphatic carbocycles. The first kappa shape index (κ1) is 16.1.